The Hall–Kier alpha value is -0.630. The summed E-state index contributed by atoms with van der Waals surface area (Å²) in [6, 6.07) is -0.116. The molecule has 0 radical (unpaired) electrons. The predicted molar refractivity (Wildman–Crippen MR) is 63.9 cm³/mol. The number of hydrogen-bond donors (Lipinski definition) is 1. The Bertz CT molecular complexity index is 341. The Balaban J connectivity index is 1.90. The minimum absolute atomic E-state index is 0.0510. The van der Waals surface area contributed by atoms with Crippen LogP contribution in [0.4, 0.5) is 0 Å². The second-order valence-corrected chi connectivity index (χ2v) is 5.05. The second-order valence-electron chi connectivity index (χ2n) is 3.90. The second kappa shape index (κ2) is 6.34. The van der Waals surface area contributed by atoms with Crippen molar-refractivity contribution in [3.63, 3.8) is 0 Å². The third-order valence-corrected chi connectivity index (χ3v) is 3.40. The van der Waals surface area contributed by atoms with E-state index in [0.717, 1.165) is 18.1 Å². The van der Waals surface area contributed by atoms with Gasteiger partial charge in [0, 0.05) is 31.1 Å². The van der Waals surface area contributed by atoms with Gasteiger partial charge in [0.25, 0.3) is 0 Å². The summed E-state index contributed by atoms with van der Waals surface area (Å²) in [5.74, 6) is 3.07. The molecular formula is C10H17N3O3S. The molecule has 2 heterocycles. The third-order valence-electron chi connectivity index (χ3n) is 2.41. The SMILES string of the molecule is COCC(N)Cc1nc(C2CSCCO2)no1. The molecule has 0 bridgehead atoms. The van der Waals surface area contributed by atoms with Crippen LogP contribution in [0.25, 0.3) is 0 Å². The van der Waals surface area contributed by atoms with E-state index >= 15 is 0 Å². The van der Waals surface area contributed by atoms with Crippen LogP contribution in [0.2, 0.25) is 0 Å². The number of rotatable bonds is 5. The average Bonchev–Trinajstić information content (AvgIpc) is 2.79. The molecule has 2 unspecified atom stereocenters. The molecule has 7 heteroatoms. The molecule has 6 nitrogen and oxygen atoms in total. The summed E-state index contributed by atoms with van der Waals surface area (Å²) in [6.07, 6.45) is 0.477. The molecule has 0 saturated carbocycles. The first-order valence-electron chi connectivity index (χ1n) is 5.56. The van der Waals surface area contributed by atoms with Crippen LogP contribution in [-0.2, 0) is 15.9 Å². The largest absolute Gasteiger partial charge is 0.383 e. The zero-order chi connectivity index (χ0) is 12.1. The van der Waals surface area contributed by atoms with Crippen molar-refractivity contribution in [3.05, 3.63) is 11.7 Å². The molecule has 1 aliphatic heterocycles. The highest BCUT2D eigenvalue weighted by atomic mass is 32.2. The van der Waals surface area contributed by atoms with Gasteiger partial charge in [-0.2, -0.15) is 16.7 Å². The number of nitrogens with zero attached hydrogens (tertiary/aromatic N) is 2. The van der Waals surface area contributed by atoms with Gasteiger partial charge in [-0.3, -0.25) is 0 Å². The molecule has 1 aliphatic rings. The monoisotopic (exact) mass is 259 g/mol. The highest BCUT2D eigenvalue weighted by Crippen LogP contribution is 2.24. The van der Waals surface area contributed by atoms with Crippen LogP contribution in [0.5, 0.6) is 0 Å². The maximum Gasteiger partial charge on any atom is 0.228 e. The summed E-state index contributed by atoms with van der Waals surface area (Å²) in [6.45, 7) is 1.22. The molecule has 1 aromatic rings. The summed E-state index contributed by atoms with van der Waals surface area (Å²) in [4.78, 5) is 4.30. The van der Waals surface area contributed by atoms with Crippen molar-refractivity contribution in [2.24, 2.45) is 5.73 Å². The van der Waals surface area contributed by atoms with Crippen molar-refractivity contribution in [2.75, 3.05) is 31.8 Å². The first-order valence-corrected chi connectivity index (χ1v) is 6.71. The van der Waals surface area contributed by atoms with Gasteiger partial charge in [-0.1, -0.05) is 5.16 Å². The molecule has 0 spiro atoms. The topological polar surface area (TPSA) is 83.4 Å². The number of nitrogens with two attached hydrogens (primary N) is 1. The number of aromatic nitrogens is 2. The minimum atomic E-state index is -0.116. The highest BCUT2D eigenvalue weighted by Gasteiger charge is 2.22. The van der Waals surface area contributed by atoms with E-state index in [1.807, 2.05) is 11.8 Å². The van der Waals surface area contributed by atoms with Crippen molar-refractivity contribution in [3.8, 4) is 0 Å². The van der Waals surface area contributed by atoms with Crippen LogP contribution in [0.1, 0.15) is 17.8 Å². The number of methoxy groups -OCH3 is 1. The number of hydrogen-bond acceptors (Lipinski definition) is 7. The molecule has 1 saturated heterocycles. The fourth-order valence-corrected chi connectivity index (χ4v) is 2.46. The van der Waals surface area contributed by atoms with Crippen LogP contribution in [-0.4, -0.2) is 48.0 Å². The lowest BCUT2D eigenvalue weighted by Crippen LogP contribution is -2.28. The standard InChI is InChI=1S/C10H17N3O3S/c1-14-5-7(11)4-9-12-10(13-16-9)8-6-17-3-2-15-8/h7-8H,2-6,11H2,1H3. The van der Waals surface area contributed by atoms with Gasteiger partial charge in [0.15, 0.2) is 0 Å². The first-order chi connectivity index (χ1) is 8.29. The maximum atomic E-state index is 5.82. The van der Waals surface area contributed by atoms with Crippen molar-refractivity contribution >= 4 is 11.8 Å². The van der Waals surface area contributed by atoms with Crippen LogP contribution in [0.3, 0.4) is 0 Å². The van der Waals surface area contributed by atoms with Crippen LogP contribution in [0, 0.1) is 0 Å². The van der Waals surface area contributed by atoms with E-state index in [4.69, 9.17) is 19.7 Å². The fourth-order valence-electron chi connectivity index (χ4n) is 1.62. The van der Waals surface area contributed by atoms with Crippen molar-refractivity contribution < 1.29 is 14.0 Å². The quantitative estimate of drug-likeness (QED) is 0.818. The normalized spacial score (nSPS) is 22.6. The Morgan fingerprint density at radius 3 is 3.24 bits per heavy atom. The van der Waals surface area contributed by atoms with Gasteiger partial charge in [0.1, 0.15) is 6.10 Å². The molecule has 1 fully saturated rings. The van der Waals surface area contributed by atoms with E-state index in [-0.39, 0.29) is 12.1 Å². The van der Waals surface area contributed by atoms with Crippen LogP contribution >= 0.6 is 11.8 Å². The van der Waals surface area contributed by atoms with Crippen molar-refractivity contribution in [1.29, 1.82) is 0 Å². The van der Waals surface area contributed by atoms with Gasteiger partial charge in [0.2, 0.25) is 11.7 Å². The average molecular weight is 259 g/mol. The van der Waals surface area contributed by atoms with Gasteiger partial charge < -0.3 is 19.7 Å². The van der Waals surface area contributed by atoms with Crippen LogP contribution in [0.15, 0.2) is 4.52 Å². The Morgan fingerprint density at radius 2 is 2.53 bits per heavy atom. The lowest BCUT2D eigenvalue weighted by atomic mass is 10.2. The van der Waals surface area contributed by atoms with E-state index < -0.39 is 0 Å². The molecule has 0 aliphatic carbocycles. The molecule has 2 rings (SSSR count). The van der Waals surface area contributed by atoms with E-state index in [0.29, 0.717) is 24.7 Å². The van der Waals surface area contributed by atoms with E-state index in [9.17, 15) is 0 Å². The lowest BCUT2D eigenvalue weighted by Gasteiger charge is -2.18. The molecule has 96 valence electrons. The molecule has 2 N–H and O–H groups in total. The molecule has 0 aromatic carbocycles. The molecule has 17 heavy (non-hydrogen) atoms. The Labute approximate surface area is 104 Å². The first kappa shape index (κ1) is 12.8. The minimum Gasteiger partial charge on any atom is -0.383 e. The van der Waals surface area contributed by atoms with Gasteiger partial charge >= 0.3 is 0 Å². The highest BCUT2D eigenvalue weighted by molar-refractivity contribution is 7.99. The molecule has 2 atom stereocenters. The predicted octanol–water partition coefficient (Wildman–Crippen LogP) is 0.390. The van der Waals surface area contributed by atoms with E-state index in [1.54, 1.807) is 7.11 Å². The third kappa shape index (κ3) is 3.67. The summed E-state index contributed by atoms with van der Waals surface area (Å²) < 4.78 is 15.7. The molecular weight excluding hydrogens is 242 g/mol. The zero-order valence-electron chi connectivity index (χ0n) is 9.80. The van der Waals surface area contributed by atoms with Crippen molar-refractivity contribution in [1.82, 2.24) is 10.1 Å². The Morgan fingerprint density at radius 1 is 1.65 bits per heavy atom. The van der Waals surface area contributed by atoms with Gasteiger partial charge in [-0.15, -0.1) is 0 Å². The van der Waals surface area contributed by atoms with Gasteiger partial charge in [0.05, 0.1) is 13.2 Å². The van der Waals surface area contributed by atoms with E-state index in [2.05, 4.69) is 10.1 Å². The molecule has 1 aromatic heterocycles. The summed E-state index contributed by atoms with van der Waals surface area (Å²) >= 11 is 1.84. The smallest absolute Gasteiger partial charge is 0.228 e. The fraction of sp³-hybridized carbons (Fsp3) is 0.800. The summed E-state index contributed by atoms with van der Waals surface area (Å²) in [5, 5.41) is 3.93. The summed E-state index contributed by atoms with van der Waals surface area (Å²) in [7, 11) is 1.62. The number of thioether (sulfide) groups is 1. The van der Waals surface area contributed by atoms with Crippen molar-refractivity contribution in [2.45, 2.75) is 18.6 Å². The van der Waals surface area contributed by atoms with Gasteiger partial charge in [-0.05, 0) is 0 Å². The molecule has 0 amide bonds. The maximum absolute atomic E-state index is 5.82. The zero-order valence-corrected chi connectivity index (χ0v) is 10.6. The summed E-state index contributed by atoms with van der Waals surface area (Å²) in [5.41, 5.74) is 5.82. The lowest BCUT2D eigenvalue weighted by molar-refractivity contribution is 0.0677. The Kier molecular flexibility index (Phi) is 4.78. The number of ether oxygens (including phenoxy) is 2. The van der Waals surface area contributed by atoms with E-state index in [1.165, 1.54) is 0 Å². The van der Waals surface area contributed by atoms with Gasteiger partial charge in [-0.25, -0.2) is 0 Å². The van der Waals surface area contributed by atoms with Crippen LogP contribution < -0.4 is 5.73 Å².